The maximum absolute atomic E-state index is 13.6. The fourth-order valence-corrected chi connectivity index (χ4v) is 5.26. The molecular formula is C25H31ClFN6O4PS. The quantitative estimate of drug-likeness (QED) is 0.232. The molecule has 1 aliphatic rings. The van der Waals surface area contributed by atoms with Crippen molar-refractivity contribution in [2.45, 2.75) is 19.4 Å². The third-order valence-corrected chi connectivity index (χ3v) is 8.19. The van der Waals surface area contributed by atoms with E-state index >= 15 is 0 Å². The van der Waals surface area contributed by atoms with Crippen molar-refractivity contribution in [3.63, 3.8) is 0 Å². The molecule has 14 heteroatoms. The molecule has 2 aromatic carbocycles. The molecule has 1 atom stereocenters. The number of halogens is 2. The predicted octanol–water partition coefficient (Wildman–Crippen LogP) is 5.86. The Morgan fingerprint density at radius 2 is 1.92 bits per heavy atom. The summed E-state index contributed by atoms with van der Waals surface area (Å²) >= 11 is 6.42. The van der Waals surface area contributed by atoms with Crippen LogP contribution in [0.15, 0.2) is 36.5 Å². The summed E-state index contributed by atoms with van der Waals surface area (Å²) in [6.45, 7) is 6.90. The van der Waals surface area contributed by atoms with E-state index in [0.29, 0.717) is 27.3 Å². The molecule has 10 nitrogen and oxygen atoms in total. The van der Waals surface area contributed by atoms with Crippen LogP contribution in [0.1, 0.15) is 24.1 Å². The van der Waals surface area contributed by atoms with Gasteiger partial charge in [0, 0.05) is 25.7 Å². The van der Waals surface area contributed by atoms with Gasteiger partial charge in [0.1, 0.15) is 16.5 Å². The average Bonchev–Trinajstić information content (AvgIpc) is 2.87. The van der Waals surface area contributed by atoms with Gasteiger partial charge in [-0.1, -0.05) is 15.5 Å². The Balaban J connectivity index is 1.66. The molecule has 39 heavy (non-hydrogen) atoms. The van der Waals surface area contributed by atoms with Gasteiger partial charge in [0.15, 0.2) is 5.82 Å². The zero-order valence-electron chi connectivity index (χ0n) is 22.5. The molecule has 3 aromatic rings. The second-order valence-electron chi connectivity index (χ2n) is 9.29. The lowest BCUT2D eigenvalue weighted by Gasteiger charge is -2.33. The summed E-state index contributed by atoms with van der Waals surface area (Å²) in [5, 5.41) is 6.63. The second-order valence-corrected chi connectivity index (χ2v) is 12.9. The number of rotatable bonds is 9. The maximum Gasteiger partial charge on any atom is 0.399 e. The lowest BCUT2D eigenvalue weighted by Crippen LogP contribution is -2.30. The monoisotopic (exact) mass is 596 g/mol. The Morgan fingerprint density at radius 1 is 1.18 bits per heavy atom. The molecule has 0 fully saturated rings. The van der Waals surface area contributed by atoms with Crippen molar-refractivity contribution in [2.24, 2.45) is 0 Å². The second kappa shape index (κ2) is 11.7. The highest BCUT2D eigenvalue weighted by atomic mass is 35.5. The molecule has 0 aliphatic carbocycles. The van der Waals surface area contributed by atoms with Crippen LogP contribution in [0.3, 0.4) is 0 Å². The maximum atomic E-state index is 13.6. The van der Waals surface area contributed by atoms with Crippen LogP contribution in [0.5, 0.6) is 11.5 Å². The van der Waals surface area contributed by atoms with Crippen molar-refractivity contribution in [1.29, 1.82) is 0 Å². The number of ether oxygens (including phenoxy) is 1. The number of likely N-dealkylation sites (N-methyl/N-ethyl adjacent to an activating group) is 1. The fourth-order valence-electron chi connectivity index (χ4n) is 4.21. The zero-order chi connectivity index (χ0) is 28.5. The number of hydrogen-bond acceptors (Lipinski definition) is 9. The van der Waals surface area contributed by atoms with Gasteiger partial charge < -0.3 is 19.9 Å². The Morgan fingerprint density at radius 3 is 2.59 bits per heavy atom. The summed E-state index contributed by atoms with van der Waals surface area (Å²) < 4.78 is 48.4. The van der Waals surface area contributed by atoms with Gasteiger partial charge in [0.25, 0.3) is 0 Å². The normalized spacial score (nSPS) is 15.6. The highest BCUT2D eigenvalue weighted by Crippen LogP contribution is 2.41. The highest BCUT2D eigenvalue weighted by Gasteiger charge is 2.24. The number of methoxy groups -OCH3 is 1. The molecule has 0 amide bonds. The molecule has 2 heterocycles. The van der Waals surface area contributed by atoms with Gasteiger partial charge in [-0.15, -0.1) is 0 Å². The Labute approximate surface area is 234 Å². The SMILES string of the molecule is COc1cc2c(cc1Nc1ncc(Cl)c(Nc3ccc(N(C)S(=O)(=O)F)cc3OP(C)C)n1)C(C)N(C)CC2. The smallest absolute Gasteiger partial charge is 0.399 e. The molecule has 0 saturated heterocycles. The summed E-state index contributed by atoms with van der Waals surface area (Å²) in [7, 11) is -0.981. The number of benzene rings is 2. The van der Waals surface area contributed by atoms with Gasteiger partial charge in [-0.05, 0) is 69.1 Å². The van der Waals surface area contributed by atoms with Crippen molar-refractivity contribution in [3.8, 4) is 11.5 Å². The molecule has 0 bridgehead atoms. The van der Waals surface area contributed by atoms with Crippen LogP contribution in [0, 0.1) is 0 Å². The molecule has 1 unspecified atom stereocenters. The number of fused-ring (bicyclic) bond motifs is 1. The van der Waals surface area contributed by atoms with Crippen LogP contribution in [0.2, 0.25) is 5.02 Å². The standard InChI is InChI=1S/C25H31ClFN6O4PS/c1-15-18-13-21(22(36-4)11-16(18)9-10-32(15)2)30-25-28-14-19(26)24(31-25)29-20-8-7-17(33(3)39(27,34)35)12-23(20)37-38(5)6/h7-8,11-15H,9-10H2,1-6H3,(H2,28,29,30,31). The molecular weight excluding hydrogens is 566 g/mol. The van der Waals surface area contributed by atoms with Gasteiger partial charge in [-0.3, -0.25) is 4.90 Å². The Hall–Kier alpha value is -2.92. The van der Waals surface area contributed by atoms with Crippen LogP contribution >= 0.6 is 19.7 Å². The zero-order valence-corrected chi connectivity index (χ0v) is 25.0. The number of hydrogen-bond donors (Lipinski definition) is 2. The largest absolute Gasteiger partial charge is 0.495 e. The van der Waals surface area contributed by atoms with Crippen LogP contribution in [0.4, 0.5) is 32.7 Å². The fraction of sp³-hybridized carbons (Fsp3) is 0.360. The Kier molecular flexibility index (Phi) is 8.70. The first-order valence-corrected chi connectivity index (χ1v) is 15.9. The third kappa shape index (κ3) is 6.63. The minimum atomic E-state index is -4.93. The van der Waals surface area contributed by atoms with Crippen LogP contribution in [-0.4, -0.2) is 64.4 Å². The van der Waals surface area contributed by atoms with E-state index in [2.05, 4.69) is 45.5 Å². The summed E-state index contributed by atoms with van der Waals surface area (Å²) in [5.74, 6) is 1.57. The predicted molar refractivity (Wildman–Crippen MR) is 156 cm³/mol. The molecule has 2 N–H and O–H groups in total. The van der Waals surface area contributed by atoms with E-state index in [0.717, 1.165) is 25.7 Å². The van der Waals surface area contributed by atoms with Crippen LogP contribution in [-0.2, 0) is 16.8 Å². The van der Waals surface area contributed by atoms with Crippen molar-refractivity contribution in [1.82, 2.24) is 14.9 Å². The molecule has 4 rings (SSSR count). The van der Waals surface area contributed by atoms with E-state index in [-0.39, 0.29) is 22.7 Å². The first-order chi connectivity index (χ1) is 18.4. The third-order valence-electron chi connectivity index (χ3n) is 6.49. The van der Waals surface area contributed by atoms with E-state index in [9.17, 15) is 12.3 Å². The van der Waals surface area contributed by atoms with E-state index in [1.807, 2.05) is 19.4 Å². The summed E-state index contributed by atoms with van der Waals surface area (Å²) in [4.78, 5) is 11.2. The number of aromatic nitrogens is 2. The van der Waals surface area contributed by atoms with E-state index in [4.69, 9.17) is 20.9 Å². The molecule has 1 aliphatic heterocycles. The lowest BCUT2D eigenvalue weighted by atomic mass is 9.93. The van der Waals surface area contributed by atoms with Gasteiger partial charge in [0.2, 0.25) is 5.95 Å². The van der Waals surface area contributed by atoms with Gasteiger partial charge in [-0.2, -0.15) is 13.4 Å². The molecule has 210 valence electrons. The van der Waals surface area contributed by atoms with Crippen LogP contribution in [0.25, 0.3) is 0 Å². The Bertz CT molecular complexity index is 1480. The summed E-state index contributed by atoms with van der Waals surface area (Å²) in [6, 6.07) is 8.81. The van der Waals surface area contributed by atoms with Crippen molar-refractivity contribution < 1.29 is 21.6 Å². The van der Waals surface area contributed by atoms with Crippen molar-refractivity contribution in [3.05, 3.63) is 52.7 Å². The van der Waals surface area contributed by atoms with Gasteiger partial charge >= 0.3 is 10.4 Å². The molecule has 0 saturated carbocycles. The van der Waals surface area contributed by atoms with Crippen molar-refractivity contribution >= 4 is 59.0 Å². The minimum Gasteiger partial charge on any atom is -0.495 e. The first-order valence-electron chi connectivity index (χ1n) is 12.0. The van der Waals surface area contributed by atoms with E-state index in [1.165, 1.54) is 29.5 Å². The number of anilines is 5. The first kappa shape index (κ1) is 29.1. The molecule has 0 radical (unpaired) electrons. The summed E-state index contributed by atoms with van der Waals surface area (Å²) in [6.07, 6.45) is 2.40. The van der Waals surface area contributed by atoms with E-state index < -0.39 is 18.6 Å². The summed E-state index contributed by atoms with van der Waals surface area (Å²) in [5.41, 5.74) is 3.74. The molecule has 0 spiro atoms. The minimum absolute atomic E-state index is 0.102. The number of nitrogens with zero attached hydrogens (tertiary/aromatic N) is 4. The van der Waals surface area contributed by atoms with Gasteiger partial charge in [-0.25, -0.2) is 9.29 Å². The molecule has 1 aromatic heterocycles. The highest BCUT2D eigenvalue weighted by molar-refractivity contribution is 7.87. The van der Waals surface area contributed by atoms with Gasteiger partial charge in [0.05, 0.1) is 38.5 Å². The lowest BCUT2D eigenvalue weighted by molar-refractivity contribution is 0.247. The van der Waals surface area contributed by atoms with Crippen LogP contribution < -0.4 is 24.2 Å². The van der Waals surface area contributed by atoms with Crippen molar-refractivity contribution in [2.75, 3.05) is 56.0 Å². The topological polar surface area (TPSA) is 109 Å². The number of nitrogens with one attached hydrogen (secondary N) is 2. The van der Waals surface area contributed by atoms with E-state index in [1.54, 1.807) is 13.2 Å². The average molecular weight is 597 g/mol.